The van der Waals surface area contributed by atoms with Gasteiger partial charge in [0.05, 0.1) is 18.8 Å². The first-order valence-electron chi connectivity index (χ1n) is 6.90. The average molecular weight is 287 g/mol. The van der Waals surface area contributed by atoms with Gasteiger partial charge in [-0.3, -0.25) is 10.1 Å². The van der Waals surface area contributed by atoms with E-state index in [2.05, 4.69) is 32.7 Å². The summed E-state index contributed by atoms with van der Waals surface area (Å²) < 4.78 is 5.64. The van der Waals surface area contributed by atoms with Gasteiger partial charge < -0.3 is 15.4 Å². The molecule has 0 fully saturated rings. The molecule has 0 aliphatic heterocycles. The van der Waals surface area contributed by atoms with E-state index in [9.17, 15) is 0 Å². The van der Waals surface area contributed by atoms with Crippen molar-refractivity contribution in [2.45, 2.75) is 13.5 Å². The van der Waals surface area contributed by atoms with Gasteiger partial charge in [-0.2, -0.15) is 5.10 Å². The number of nitrogens with zero attached hydrogens (tertiary/aromatic N) is 2. The van der Waals surface area contributed by atoms with Crippen LogP contribution in [-0.4, -0.2) is 36.4 Å². The summed E-state index contributed by atoms with van der Waals surface area (Å²) in [5.74, 6) is 1.61. The van der Waals surface area contributed by atoms with Gasteiger partial charge in [0.25, 0.3) is 0 Å². The van der Waals surface area contributed by atoms with E-state index in [1.54, 1.807) is 13.2 Å². The van der Waals surface area contributed by atoms with E-state index in [0.29, 0.717) is 19.7 Å². The molecule has 0 aliphatic carbocycles. The lowest BCUT2D eigenvalue weighted by molar-refractivity contribution is 0.322. The molecule has 3 N–H and O–H groups in total. The second-order valence-electron chi connectivity index (χ2n) is 4.60. The van der Waals surface area contributed by atoms with Gasteiger partial charge in [-0.25, -0.2) is 0 Å². The van der Waals surface area contributed by atoms with E-state index < -0.39 is 0 Å². The average Bonchev–Trinajstić information content (AvgIpc) is 3.02. The van der Waals surface area contributed by atoms with E-state index in [1.165, 1.54) is 5.56 Å². The van der Waals surface area contributed by atoms with E-state index in [4.69, 9.17) is 4.74 Å². The largest absolute Gasteiger partial charge is 0.492 e. The number of aliphatic imine (C=N–C) groups is 1. The maximum atomic E-state index is 5.64. The van der Waals surface area contributed by atoms with Crippen LogP contribution in [0, 0.1) is 6.92 Å². The number of nitrogens with one attached hydrogen (secondary N) is 3. The predicted molar refractivity (Wildman–Crippen MR) is 83.5 cm³/mol. The first-order chi connectivity index (χ1) is 10.3. The summed E-state index contributed by atoms with van der Waals surface area (Å²) in [5, 5.41) is 13.2. The van der Waals surface area contributed by atoms with E-state index >= 15 is 0 Å². The molecule has 0 aliphatic rings. The molecular formula is C15H21N5O. The van der Waals surface area contributed by atoms with Gasteiger partial charge in [-0.05, 0) is 25.1 Å². The quantitative estimate of drug-likeness (QED) is 0.427. The third kappa shape index (κ3) is 5.18. The highest BCUT2D eigenvalue weighted by Gasteiger charge is 1.99. The Bertz CT molecular complexity index is 548. The number of H-pyrrole nitrogens is 1. The van der Waals surface area contributed by atoms with Crippen LogP contribution in [0.25, 0.3) is 0 Å². The number of hydrogen-bond acceptors (Lipinski definition) is 3. The van der Waals surface area contributed by atoms with Crippen LogP contribution in [-0.2, 0) is 6.54 Å². The highest BCUT2D eigenvalue weighted by atomic mass is 16.5. The number of aromatic nitrogens is 2. The monoisotopic (exact) mass is 287 g/mol. The SMILES string of the molecule is CN=C(NCCOc1ccc(C)cc1)NCc1ccn[nH]1. The smallest absolute Gasteiger partial charge is 0.191 e. The van der Waals surface area contributed by atoms with Crippen molar-refractivity contribution in [3.8, 4) is 5.75 Å². The van der Waals surface area contributed by atoms with Crippen LogP contribution in [0.3, 0.4) is 0 Å². The topological polar surface area (TPSA) is 74.3 Å². The molecule has 2 aromatic rings. The summed E-state index contributed by atoms with van der Waals surface area (Å²) >= 11 is 0. The van der Waals surface area contributed by atoms with Crippen molar-refractivity contribution in [2.24, 2.45) is 4.99 Å². The zero-order chi connectivity index (χ0) is 14.9. The van der Waals surface area contributed by atoms with Crippen LogP contribution in [0.2, 0.25) is 0 Å². The van der Waals surface area contributed by atoms with Crippen molar-refractivity contribution in [2.75, 3.05) is 20.2 Å². The molecule has 0 saturated heterocycles. The van der Waals surface area contributed by atoms with Crippen molar-refractivity contribution >= 4 is 5.96 Å². The molecule has 0 bridgehead atoms. The Morgan fingerprint density at radius 1 is 1.24 bits per heavy atom. The van der Waals surface area contributed by atoms with Gasteiger partial charge in [-0.1, -0.05) is 17.7 Å². The van der Waals surface area contributed by atoms with Crippen LogP contribution in [0.15, 0.2) is 41.5 Å². The number of hydrogen-bond donors (Lipinski definition) is 3. The molecule has 21 heavy (non-hydrogen) atoms. The maximum absolute atomic E-state index is 5.64. The second-order valence-corrected chi connectivity index (χ2v) is 4.60. The number of guanidine groups is 1. The standard InChI is InChI=1S/C15H21N5O/c1-12-3-5-14(6-4-12)21-10-9-17-15(16-2)18-11-13-7-8-19-20-13/h3-8H,9-11H2,1-2H3,(H,19,20)(H2,16,17,18). The molecule has 0 radical (unpaired) electrons. The summed E-state index contributed by atoms with van der Waals surface area (Å²) in [6.07, 6.45) is 1.72. The second kappa shape index (κ2) is 7.94. The maximum Gasteiger partial charge on any atom is 0.191 e. The Morgan fingerprint density at radius 2 is 2.05 bits per heavy atom. The summed E-state index contributed by atoms with van der Waals surface area (Å²) in [4.78, 5) is 4.15. The number of aryl methyl sites for hydroxylation is 1. The Balaban J connectivity index is 1.65. The number of ether oxygens (including phenoxy) is 1. The zero-order valence-corrected chi connectivity index (χ0v) is 12.4. The van der Waals surface area contributed by atoms with Crippen molar-refractivity contribution in [3.63, 3.8) is 0 Å². The summed E-state index contributed by atoms with van der Waals surface area (Å²) in [7, 11) is 1.74. The number of rotatable bonds is 6. The minimum atomic E-state index is 0.577. The Morgan fingerprint density at radius 3 is 2.71 bits per heavy atom. The molecule has 6 nitrogen and oxygen atoms in total. The molecule has 0 spiro atoms. The van der Waals surface area contributed by atoms with Crippen LogP contribution in [0.4, 0.5) is 0 Å². The fraction of sp³-hybridized carbons (Fsp3) is 0.333. The first-order valence-corrected chi connectivity index (χ1v) is 6.90. The Hall–Kier alpha value is -2.50. The molecule has 6 heteroatoms. The minimum absolute atomic E-state index is 0.577. The van der Waals surface area contributed by atoms with Gasteiger partial charge in [0.15, 0.2) is 5.96 Å². The third-order valence-corrected chi connectivity index (χ3v) is 2.91. The number of aromatic amines is 1. The van der Waals surface area contributed by atoms with E-state index in [1.807, 2.05) is 30.3 Å². The highest BCUT2D eigenvalue weighted by molar-refractivity contribution is 5.79. The normalized spacial score (nSPS) is 11.2. The molecule has 1 heterocycles. The van der Waals surface area contributed by atoms with E-state index in [0.717, 1.165) is 17.4 Å². The van der Waals surface area contributed by atoms with Crippen LogP contribution in [0.1, 0.15) is 11.3 Å². The van der Waals surface area contributed by atoms with Crippen LogP contribution < -0.4 is 15.4 Å². The van der Waals surface area contributed by atoms with Crippen molar-refractivity contribution in [1.29, 1.82) is 0 Å². The molecule has 0 saturated carbocycles. The van der Waals surface area contributed by atoms with Crippen molar-refractivity contribution < 1.29 is 4.74 Å². The lowest BCUT2D eigenvalue weighted by atomic mass is 10.2. The lowest BCUT2D eigenvalue weighted by Crippen LogP contribution is -2.38. The van der Waals surface area contributed by atoms with Gasteiger partial charge in [0, 0.05) is 13.2 Å². The van der Waals surface area contributed by atoms with Crippen LogP contribution >= 0.6 is 0 Å². The van der Waals surface area contributed by atoms with Gasteiger partial charge in [0.2, 0.25) is 0 Å². The van der Waals surface area contributed by atoms with E-state index in [-0.39, 0.29) is 0 Å². The highest BCUT2D eigenvalue weighted by Crippen LogP contribution is 2.10. The summed E-state index contributed by atoms with van der Waals surface area (Å²) in [6, 6.07) is 9.93. The van der Waals surface area contributed by atoms with Crippen LogP contribution in [0.5, 0.6) is 5.75 Å². The fourth-order valence-electron chi connectivity index (χ4n) is 1.76. The molecule has 0 amide bonds. The molecule has 0 unspecified atom stereocenters. The molecule has 1 aromatic carbocycles. The third-order valence-electron chi connectivity index (χ3n) is 2.91. The Labute approximate surface area is 124 Å². The minimum Gasteiger partial charge on any atom is -0.492 e. The fourth-order valence-corrected chi connectivity index (χ4v) is 1.76. The molecule has 2 rings (SSSR count). The zero-order valence-electron chi connectivity index (χ0n) is 12.4. The van der Waals surface area contributed by atoms with Gasteiger partial charge in [-0.15, -0.1) is 0 Å². The molecular weight excluding hydrogens is 266 g/mol. The summed E-state index contributed by atoms with van der Waals surface area (Å²) in [5.41, 5.74) is 2.23. The molecule has 112 valence electrons. The van der Waals surface area contributed by atoms with Crippen molar-refractivity contribution in [1.82, 2.24) is 20.8 Å². The number of benzene rings is 1. The summed E-state index contributed by atoms with van der Waals surface area (Å²) in [6.45, 7) is 3.96. The first kappa shape index (κ1) is 14.9. The lowest BCUT2D eigenvalue weighted by Gasteiger charge is -2.12. The molecule has 1 aromatic heterocycles. The Kier molecular flexibility index (Phi) is 5.63. The molecule has 0 atom stereocenters. The van der Waals surface area contributed by atoms with Gasteiger partial charge in [0.1, 0.15) is 12.4 Å². The van der Waals surface area contributed by atoms with Gasteiger partial charge >= 0.3 is 0 Å². The predicted octanol–water partition coefficient (Wildman–Crippen LogP) is 1.46. The van der Waals surface area contributed by atoms with Crippen molar-refractivity contribution in [3.05, 3.63) is 47.8 Å².